The van der Waals surface area contributed by atoms with Gasteiger partial charge in [0.1, 0.15) is 0 Å². The molecule has 0 aliphatic heterocycles. The number of benzene rings is 9. The third kappa shape index (κ3) is 5.34. The molecule has 0 bridgehead atoms. The third-order valence-electron chi connectivity index (χ3n) is 13.8. The van der Waals surface area contributed by atoms with Crippen molar-refractivity contribution < 1.29 is 0 Å². The highest BCUT2D eigenvalue weighted by Crippen LogP contribution is 2.53. The summed E-state index contributed by atoms with van der Waals surface area (Å²) in [6, 6.07) is 68.1. The fourth-order valence-corrected chi connectivity index (χ4v) is 10.7. The lowest BCUT2D eigenvalue weighted by atomic mass is 9.81. The second-order valence-corrected chi connectivity index (χ2v) is 17.9. The normalized spacial score (nSPS) is 14.1. The van der Waals surface area contributed by atoms with E-state index in [1.807, 2.05) is 0 Å². The van der Waals surface area contributed by atoms with Gasteiger partial charge >= 0.3 is 0 Å². The van der Waals surface area contributed by atoms with Crippen molar-refractivity contribution in [3.05, 3.63) is 210 Å². The molecule has 2 aliphatic rings. The average Bonchev–Trinajstić information content (AvgIpc) is 3.70. The molecule has 62 heavy (non-hydrogen) atoms. The Morgan fingerprint density at radius 3 is 1.39 bits per heavy atom. The van der Waals surface area contributed by atoms with E-state index in [0.29, 0.717) is 17.5 Å². The molecule has 0 saturated carbocycles. The van der Waals surface area contributed by atoms with Crippen molar-refractivity contribution >= 4 is 21.5 Å². The summed E-state index contributed by atoms with van der Waals surface area (Å²) >= 11 is 0. The molecule has 2 aliphatic carbocycles. The van der Waals surface area contributed by atoms with Crippen LogP contribution in [-0.2, 0) is 10.8 Å². The standard InChI is InChI=1S/C59H43N3/c1-58(2)51-27-15-13-24-49(51)54-46(25-16-28-52(54)58)43-32-34-48(42-22-11-9-20-40(42)43)57-61-55(37-29-30-45-44-23-12-14-26-50(44)59(3,4)53(45)35-37)60-56(62-57)47-33-31-38(36-17-6-5-7-18-36)39-19-8-10-21-41(39)47/h5-35H,1-4H3. The minimum Gasteiger partial charge on any atom is -0.208 e. The molecule has 0 unspecified atom stereocenters. The highest BCUT2D eigenvalue weighted by Gasteiger charge is 2.37. The van der Waals surface area contributed by atoms with E-state index < -0.39 is 0 Å². The minimum atomic E-state index is -0.163. The molecular weight excluding hydrogens is 751 g/mol. The van der Waals surface area contributed by atoms with Gasteiger partial charge in [-0.15, -0.1) is 0 Å². The maximum Gasteiger partial charge on any atom is 0.164 e. The monoisotopic (exact) mass is 793 g/mol. The van der Waals surface area contributed by atoms with Crippen LogP contribution < -0.4 is 0 Å². The van der Waals surface area contributed by atoms with Gasteiger partial charge in [0.25, 0.3) is 0 Å². The Hall–Kier alpha value is -7.49. The summed E-state index contributed by atoms with van der Waals surface area (Å²) in [5, 5.41) is 4.53. The first-order chi connectivity index (χ1) is 30.3. The van der Waals surface area contributed by atoms with Gasteiger partial charge in [0.2, 0.25) is 0 Å². The van der Waals surface area contributed by atoms with E-state index >= 15 is 0 Å². The van der Waals surface area contributed by atoms with E-state index in [1.165, 1.54) is 72.1 Å². The van der Waals surface area contributed by atoms with Crippen LogP contribution in [-0.4, -0.2) is 15.0 Å². The van der Waals surface area contributed by atoms with Gasteiger partial charge < -0.3 is 0 Å². The second kappa shape index (κ2) is 13.5. The van der Waals surface area contributed by atoms with Crippen molar-refractivity contribution in [1.29, 1.82) is 0 Å². The van der Waals surface area contributed by atoms with Crippen LogP contribution in [0.25, 0.3) is 100 Å². The summed E-state index contributed by atoms with van der Waals surface area (Å²) in [4.78, 5) is 16.2. The van der Waals surface area contributed by atoms with Gasteiger partial charge in [-0.3, -0.25) is 0 Å². The van der Waals surface area contributed by atoms with Gasteiger partial charge in [0.15, 0.2) is 17.5 Å². The molecular formula is C59H43N3. The number of hydrogen-bond acceptors (Lipinski definition) is 3. The molecule has 0 spiro atoms. The van der Waals surface area contributed by atoms with Gasteiger partial charge in [-0.2, -0.15) is 0 Å². The maximum absolute atomic E-state index is 5.42. The first-order valence-electron chi connectivity index (χ1n) is 21.6. The molecule has 0 fully saturated rings. The summed E-state index contributed by atoms with van der Waals surface area (Å²) < 4.78 is 0. The second-order valence-electron chi connectivity index (χ2n) is 17.9. The SMILES string of the molecule is CC1(C)c2ccccc2-c2ccc(-c3nc(-c4ccc(-c5ccccc5)c5ccccc45)nc(-c4ccc(-c5cccc6c5-c5ccccc5C6(C)C)c5ccccc45)n3)cc21. The molecule has 9 aromatic carbocycles. The number of aromatic nitrogens is 3. The Balaban J connectivity index is 1.08. The largest absolute Gasteiger partial charge is 0.208 e. The fourth-order valence-electron chi connectivity index (χ4n) is 10.7. The first-order valence-corrected chi connectivity index (χ1v) is 21.6. The lowest BCUT2D eigenvalue weighted by Gasteiger charge is -2.22. The summed E-state index contributed by atoms with van der Waals surface area (Å²) in [6.45, 7) is 9.33. The van der Waals surface area contributed by atoms with Crippen LogP contribution in [0.2, 0.25) is 0 Å². The van der Waals surface area contributed by atoms with Crippen molar-refractivity contribution in [2.75, 3.05) is 0 Å². The van der Waals surface area contributed by atoms with Gasteiger partial charge in [-0.05, 0) is 107 Å². The summed E-state index contributed by atoms with van der Waals surface area (Å²) in [5.41, 5.74) is 18.0. The van der Waals surface area contributed by atoms with Crippen molar-refractivity contribution in [2.45, 2.75) is 38.5 Å². The fraction of sp³-hybridized carbons (Fsp3) is 0.102. The number of rotatable bonds is 5. The number of nitrogens with zero attached hydrogens (tertiary/aromatic N) is 3. The van der Waals surface area contributed by atoms with Crippen LogP contribution in [0.3, 0.4) is 0 Å². The van der Waals surface area contributed by atoms with E-state index in [9.17, 15) is 0 Å². The maximum atomic E-state index is 5.42. The Labute approximate surface area is 362 Å². The van der Waals surface area contributed by atoms with Crippen molar-refractivity contribution in [1.82, 2.24) is 15.0 Å². The zero-order valence-corrected chi connectivity index (χ0v) is 35.2. The zero-order valence-electron chi connectivity index (χ0n) is 35.2. The molecule has 0 radical (unpaired) electrons. The van der Waals surface area contributed by atoms with Crippen LogP contribution in [0.4, 0.5) is 0 Å². The molecule has 3 heteroatoms. The molecule has 0 amide bonds. The van der Waals surface area contributed by atoms with Gasteiger partial charge in [0.05, 0.1) is 0 Å². The number of hydrogen-bond donors (Lipinski definition) is 0. The highest BCUT2D eigenvalue weighted by atomic mass is 15.0. The van der Waals surface area contributed by atoms with Crippen LogP contribution in [0.1, 0.15) is 49.9 Å². The number of fused-ring (bicyclic) bond motifs is 8. The van der Waals surface area contributed by atoms with Crippen molar-refractivity contribution in [3.8, 4) is 78.7 Å². The Kier molecular flexibility index (Phi) is 7.92. The third-order valence-corrected chi connectivity index (χ3v) is 13.8. The molecule has 0 saturated heterocycles. The van der Waals surface area contributed by atoms with E-state index in [2.05, 4.69) is 216 Å². The summed E-state index contributed by atoms with van der Waals surface area (Å²) in [5.74, 6) is 1.96. The minimum absolute atomic E-state index is 0.0889. The predicted octanol–water partition coefficient (Wildman–Crippen LogP) is 15.1. The lowest BCUT2D eigenvalue weighted by molar-refractivity contribution is 0.660. The molecule has 0 atom stereocenters. The average molecular weight is 794 g/mol. The molecule has 3 nitrogen and oxygen atoms in total. The first kappa shape index (κ1) is 36.4. The molecule has 1 aromatic heterocycles. The van der Waals surface area contributed by atoms with E-state index in [-0.39, 0.29) is 10.8 Å². The van der Waals surface area contributed by atoms with Crippen LogP contribution in [0.15, 0.2) is 188 Å². The quantitative estimate of drug-likeness (QED) is 0.174. The predicted molar refractivity (Wildman–Crippen MR) is 257 cm³/mol. The van der Waals surface area contributed by atoms with E-state index in [4.69, 9.17) is 15.0 Å². The van der Waals surface area contributed by atoms with E-state index in [1.54, 1.807) is 0 Å². The molecule has 12 rings (SSSR count). The zero-order chi connectivity index (χ0) is 41.7. The topological polar surface area (TPSA) is 38.7 Å². The Morgan fingerprint density at radius 1 is 0.274 bits per heavy atom. The Morgan fingerprint density at radius 2 is 0.710 bits per heavy atom. The van der Waals surface area contributed by atoms with Crippen LogP contribution >= 0.6 is 0 Å². The smallest absolute Gasteiger partial charge is 0.164 e. The van der Waals surface area contributed by atoms with Gasteiger partial charge in [-0.1, -0.05) is 198 Å². The van der Waals surface area contributed by atoms with Gasteiger partial charge in [0, 0.05) is 27.5 Å². The van der Waals surface area contributed by atoms with Crippen LogP contribution in [0.5, 0.6) is 0 Å². The molecule has 0 N–H and O–H groups in total. The lowest BCUT2D eigenvalue weighted by Crippen LogP contribution is -2.15. The van der Waals surface area contributed by atoms with Crippen LogP contribution in [0, 0.1) is 0 Å². The van der Waals surface area contributed by atoms with Gasteiger partial charge in [-0.25, -0.2) is 15.0 Å². The molecule has 10 aromatic rings. The highest BCUT2D eigenvalue weighted by molar-refractivity contribution is 6.08. The molecule has 294 valence electrons. The van der Waals surface area contributed by atoms with Crippen molar-refractivity contribution in [3.63, 3.8) is 0 Å². The Bertz CT molecular complexity index is 3470. The van der Waals surface area contributed by atoms with E-state index in [0.717, 1.165) is 32.8 Å². The summed E-state index contributed by atoms with van der Waals surface area (Å²) in [7, 11) is 0. The summed E-state index contributed by atoms with van der Waals surface area (Å²) in [6.07, 6.45) is 0. The van der Waals surface area contributed by atoms with Crippen molar-refractivity contribution in [2.24, 2.45) is 0 Å². The molecule has 1 heterocycles.